The predicted molar refractivity (Wildman–Crippen MR) is 77.4 cm³/mol. The molecule has 5 heteroatoms. The van der Waals surface area contributed by atoms with E-state index >= 15 is 0 Å². The highest BCUT2D eigenvalue weighted by molar-refractivity contribution is 5.82. The van der Waals surface area contributed by atoms with E-state index in [2.05, 4.69) is 10.6 Å². The molecule has 0 heterocycles. The number of urea groups is 1. The van der Waals surface area contributed by atoms with Crippen LogP contribution in [0.1, 0.15) is 38.8 Å². The minimum atomic E-state index is -1.01. The average molecular weight is 278 g/mol. The molecule has 0 saturated heterocycles. The maximum Gasteiger partial charge on any atom is 0.326 e. The molecule has 2 amide bonds. The zero-order valence-electron chi connectivity index (χ0n) is 12.1. The number of nitrogens with one attached hydrogen (secondary N) is 2. The molecule has 20 heavy (non-hydrogen) atoms. The minimum absolute atomic E-state index is 0.176. The lowest BCUT2D eigenvalue weighted by Gasteiger charge is -2.19. The third-order valence-corrected chi connectivity index (χ3v) is 2.96. The van der Waals surface area contributed by atoms with Crippen LogP contribution in [0.3, 0.4) is 0 Å². The number of benzene rings is 1. The van der Waals surface area contributed by atoms with E-state index in [4.69, 9.17) is 5.11 Å². The molecule has 1 unspecified atom stereocenters. The summed E-state index contributed by atoms with van der Waals surface area (Å²) in [4.78, 5) is 22.9. The lowest BCUT2D eigenvalue weighted by Crippen LogP contribution is -2.47. The largest absolute Gasteiger partial charge is 0.480 e. The summed E-state index contributed by atoms with van der Waals surface area (Å²) >= 11 is 0. The van der Waals surface area contributed by atoms with Gasteiger partial charge in [-0.1, -0.05) is 44.2 Å². The van der Waals surface area contributed by atoms with Gasteiger partial charge in [0.15, 0.2) is 0 Å². The number of rotatable bonds is 6. The molecule has 0 spiro atoms. The maximum atomic E-state index is 11.8. The molecule has 0 aliphatic rings. The molecule has 0 radical (unpaired) electrons. The Morgan fingerprint density at radius 2 is 1.70 bits per heavy atom. The first-order chi connectivity index (χ1) is 9.40. The Morgan fingerprint density at radius 3 is 2.20 bits per heavy atom. The number of amides is 2. The van der Waals surface area contributed by atoms with Crippen molar-refractivity contribution in [1.82, 2.24) is 10.6 Å². The lowest BCUT2D eigenvalue weighted by atomic mass is 10.0. The normalized spacial score (nSPS) is 13.6. The summed E-state index contributed by atoms with van der Waals surface area (Å²) in [6.45, 7) is 5.69. The number of aliphatic carboxylic acids is 1. The van der Waals surface area contributed by atoms with Crippen molar-refractivity contribution < 1.29 is 14.7 Å². The first-order valence-electron chi connectivity index (χ1n) is 6.75. The Labute approximate surface area is 119 Å². The molecular weight excluding hydrogens is 256 g/mol. The van der Waals surface area contributed by atoms with E-state index < -0.39 is 18.0 Å². The van der Waals surface area contributed by atoms with Gasteiger partial charge in [-0.15, -0.1) is 0 Å². The quantitative estimate of drug-likeness (QED) is 0.748. The monoisotopic (exact) mass is 278 g/mol. The fourth-order valence-corrected chi connectivity index (χ4v) is 1.91. The van der Waals surface area contributed by atoms with Gasteiger partial charge in [-0.3, -0.25) is 0 Å². The Kier molecular flexibility index (Phi) is 6.03. The first kappa shape index (κ1) is 16.0. The number of carbonyl (C=O) groups excluding carboxylic acids is 1. The Balaban J connectivity index is 2.55. The summed E-state index contributed by atoms with van der Waals surface area (Å²) in [7, 11) is 0. The van der Waals surface area contributed by atoms with E-state index in [-0.39, 0.29) is 12.0 Å². The molecule has 0 aliphatic carbocycles. The van der Waals surface area contributed by atoms with Crippen LogP contribution in [-0.4, -0.2) is 23.1 Å². The molecule has 0 bridgehead atoms. The van der Waals surface area contributed by atoms with Crippen molar-refractivity contribution in [3.63, 3.8) is 0 Å². The van der Waals surface area contributed by atoms with E-state index in [0.29, 0.717) is 6.42 Å². The summed E-state index contributed by atoms with van der Waals surface area (Å²) < 4.78 is 0. The van der Waals surface area contributed by atoms with Gasteiger partial charge in [0, 0.05) is 0 Å². The van der Waals surface area contributed by atoms with Crippen LogP contribution < -0.4 is 10.6 Å². The minimum Gasteiger partial charge on any atom is -0.480 e. The molecule has 1 aromatic carbocycles. The van der Waals surface area contributed by atoms with Gasteiger partial charge in [0.1, 0.15) is 6.04 Å². The third kappa shape index (κ3) is 5.30. The summed E-state index contributed by atoms with van der Waals surface area (Å²) in [6.07, 6.45) is 0.405. The van der Waals surface area contributed by atoms with E-state index in [1.807, 2.05) is 51.1 Å². The van der Waals surface area contributed by atoms with Gasteiger partial charge >= 0.3 is 12.0 Å². The topological polar surface area (TPSA) is 78.4 Å². The highest BCUT2D eigenvalue weighted by Crippen LogP contribution is 2.11. The van der Waals surface area contributed by atoms with E-state index in [1.165, 1.54) is 0 Å². The van der Waals surface area contributed by atoms with Crippen LogP contribution in [0.25, 0.3) is 0 Å². The van der Waals surface area contributed by atoms with Crippen LogP contribution in [0.2, 0.25) is 0 Å². The second kappa shape index (κ2) is 7.53. The molecule has 0 aliphatic heterocycles. The van der Waals surface area contributed by atoms with Gasteiger partial charge < -0.3 is 15.7 Å². The standard InChI is InChI=1S/C15H22N2O3/c1-10(2)9-13(14(18)19)17-15(20)16-11(3)12-7-5-4-6-8-12/h4-8,10-11,13H,9H2,1-3H3,(H,18,19)(H2,16,17,20)/t11?,13-/m0/s1. The molecule has 0 aromatic heterocycles. The zero-order chi connectivity index (χ0) is 15.1. The Bertz CT molecular complexity index is 446. The fourth-order valence-electron chi connectivity index (χ4n) is 1.91. The van der Waals surface area contributed by atoms with Crippen molar-refractivity contribution in [2.24, 2.45) is 5.92 Å². The molecule has 1 aromatic rings. The van der Waals surface area contributed by atoms with Crippen LogP contribution >= 0.6 is 0 Å². The van der Waals surface area contributed by atoms with Gasteiger partial charge in [0.25, 0.3) is 0 Å². The fraction of sp³-hybridized carbons (Fsp3) is 0.467. The van der Waals surface area contributed by atoms with Gasteiger partial charge in [0.2, 0.25) is 0 Å². The lowest BCUT2D eigenvalue weighted by molar-refractivity contribution is -0.139. The van der Waals surface area contributed by atoms with Crippen LogP contribution in [0, 0.1) is 5.92 Å². The van der Waals surface area contributed by atoms with Crippen LogP contribution in [0.5, 0.6) is 0 Å². The smallest absolute Gasteiger partial charge is 0.326 e. The van der Waals surface area contributed by atoms with Crippen molar-refractivity contribution in [1.29, 1.82) is 0 Å². The summed E-state index contributed by atoms with van der Waals surface area (Å²) in [5, 5.41) is 14.3. The number of hydrogen-bond donors (Lipinski definition) is 3. The number of carboxylic acid groups (broad SMARTS) is 1. The second-order valence-electron chi connectivity index (χ2n) is 5.27. The Hall–Kier alpha value is -2.04. The number of carboxylic acids is 1. The molecule has 0 fully saturated rings. The van der Waals surface area contributed by atoms with Crippen molar-refractivity contribution in [2.75, 3.05) is 0 Å². The van der Waals surface area contributed by atoms with Crippen LogP contribution in [0.4, 0.5) is 4.79 Å². The third-order valence-electron chi connectivity index (χ3n) is 2.96. The van der Waals surface area contributed by atoms with Gasteiger partial charge in [-0.2, -0.15) is 0 Å². The predicted octanol–water partition coefficient (Wildman–Crippen LogP) is 2.55. The zero-order valence-corrected chi connectivity index (χ0v) is 12.1. The molecular formula is C15H22N2O3. The van der Waals surface area contributed by atoms with E-state index in [0.717, 1.165) is 5.56 Å². The van der Waals surface area contributed by atoms with Crippen molar-refractivity contribution in [2.45, 2.75) is 39.3 Å². The van der Waals surface area contributed by atoms with Gasteiger partial charge in [-0.05, 0) is 24.8 Å². The van der Waals surface area contributed by atoms with Crippen molar-refractivity contribution in [3.8, 4) is 0 Å². The molecule has 0 saturated carbocycles. The summed E-state index contributed by atoms with van der Waals surface area (Å²) in [5.41, 5.74) is 0.971. The van der Waals surface area contributed by atoms with Crippen LogP contribution in [0.15, 0.2) is 30.3 Å². The molecule has 5 nitrogen and oxygen atoms in total. The molecule has 110 valence electrons. The number of hydrogen-bond acceptors (Lipinski definition) is 2. The Morgan fingerprint density at radius 1 is 1.10 bits per heavy atom. The first-order valence-corrected chi connectivity index (χ1v) is 6.75. The van der Waals surface area contributed by atoms with E-state index in [9.17, 15) is 9.59 Å². The van der Waals surface area contributed by atoms with Gasteiger partial charge in [-0.25, -0.2) is 9.59 Å². The van der Waals surface area contributed by atoms with E-state index in [1.54, 1.807) is 0 Å². The summed E-state index contributed by atoms with van der Waals surface area (Å²) in [5.74, 6) is -0.816. The highest BCUT2D eigenvalue weighted by atomic mass is 16.4. The van der Waals surface area contributed by atoms with Crippen molar-refractivity contribution in [3.05, 3.63) is 35.9 Å². The summed E-state index contributed by atoms with van der Waals surface area (Å²) in [6, 6.07) is 8.01. The highest BCUT2D eigenvalue weighted by Gasteiger charge is 2.21. The maximum absolute atomic E-state index is 11.8. The van der Waals surface area contributed by atoms with Crippen molar-refractivity contribution >= 4 is 12.0 Å². The van der Waals surface area contributed by atoms with Crippen LogP contribution in [-0.2, 0) is 4.79 Å². The molecule has 2 atom stereocenters. The average Bonchev–Trinajstić information content (AvgIpc) is 2.38. The number of carbonyl (C=O) groups is 2. The molecule has 3 N–H and O–H groups in total. The molecule has 1 rings (SSSR count). The SMILES string of the molecule is CC(C)C[C@H](NC(=O)NC(C)c1ccccc1)C(=O)O. The second-order valence-corrected chi connectivity index (χ2v) is 5.27. The van der Waals surface area contributed by atoms with Gasteiger partial charge in [0.05, 0.1) is 6.04 Å².